The Kier molecular flexibility index (Phi) is 35.8. The van der Waals surface area contributed by atoms with E-state index in [9.17, 15) is 62.6 Å². The van der Waals surface area contributed by atoms with Gasteiger partial charge in [-0.2, -0.15) is 0 Å². The highest BCUT2D eigenvalue weighted by molar-refractivity contribution is 14.1. The van der Waals surface area contributed by atoms with Gasteiger partial charge in [0.05, 0.1) is 42.0 Å². The Morgan fingerprint density at radius 2 is 1.46 bits per heavy atom. The summed E-state index contributed by atoms with van der Waals surface area (Å²) in [6.07, 6.45) is 3.24. The van der Waals surface area contributed by atoms with E-state index in [4.69, 9.17) is 19.9 Å². The Hall–Kier alpha value is -8.54. The van der Waals surface area contributed by atoms with E-state index < -0.39 is 145 Å². The molecular weight excluding hydrogens is 1590 g/mol. The minimum absolute atomic E-state index is 0.00356. The van der Waals surface area contributed by atoms with Gasteiger partial charge in [-0.05, 0) is 155 Å². The summed E-state index contributed by atoms with van der Waals surface area (Å²) in [4.78, 5) is 188. The molecule has 0 radical (unpaired) electrons. The van der Waals surface area contributed by atoms with Crippen LogP contribution < -0.4 is 53.6 Å². The first-order chi connectivity index (χ1) is 53.1. The summed E-state index contributed by atoms with van der Waals surface area (Å²) in [5.41, 5.74) is 8.94. The van der Waals surface area contributed by atoms with Gasteiger partial charge in [0.15, 0.2) is 5.78 Å². The number of carbonyl (C=O) groups excluding carboxylic acids is 13. The number of fused-ring (bicyclic) bond motifs is 1. The van der Waals surface area contributed by atoms with Crippen molar-refractivity contribution in [3.8, 4) is 5.75 Å². The third kappa shape index (κ3) is 29.1. The van der Waals surface area contributed by atoms with Crippen LogP contribution in [0.1, 0.15) is 147 Å². The lowest BCUT2D eigenvalue weighted by Gasteiger charge is -2.45. The van der Waals surface area contributed by atoms with Crippen LogP contribution in [-0.4, -0.2) is 227 Å². The summed E-state index contributed by atoms with van der Waals surface area (Å²) in [7, 11) is 2.49. The van der Waals surface area contributed by atoms with Gasteiger partial charge < -0.3 is 87.5 Å². The summed E-state index contributed by atoms with van der Waals surface area (Å²) in [5, 5.41) is 35.4. The summed E-state index contributed by atoms with van der Waals surface area (Å²) < 4.78 is 17.7. The first kappa shape index (κ1) is 90.7. The second-order valence-corrected chi connectivity index (χ2v) is 34.5. The fraction of sp³-hybridized carbons (Fsp3) is 0.582. The SMILES string of the molecule is C=C(N)c1ccc(CNC(=O)N2CCC2C(=O)[C@@H](C2CCCCC2)N(CC(=O)NCCOCCOCC(=O)N[C@@H](Cc2ccc(C)cc2)C(=O)N[C@H](CCC(C)=O)C(=O)N[C@H]2CSSC[C@@H](C)NC(=O)[C@H](CC(C)C)NC(=O)CNC(=O)[C@H](Cc3ccc(O)c(I)c3)NC(=O)[C@@H]3C[C@@H](C)CN3C2=O)C(=O)OC(C)(C)C)cc1. The van der Waals surface area contributed by atoms with Crippen LogP contribution in [0, 0.1) is 28.2 Å². The van der Waals surface area contributed by atoms with Crippen LogP contribution in [0.2, 0.25) is 0 Å². The topological polar surface area (TPSA) is 414 Å². The van der Waals surface area contributed by atoms with Gasteiger partial charge in [0.1, 0.15) is 66.5 Å². The van der Waals surface area contributed by atoms with Crippen LogP contribution in [-0.2, 0) is 86.3 Å². The Bertz CT molecular complexity index is 3810. The lowest BCUT2D eigenvalue weighted by Crippen LogP contribution is -2.64. The molecule has 4 fully saturated rings. The second kappa shape index (κ2) is 44.2. The van der Waals surface area contributed by atoms with Gasteiger partial charge >= 0.3 is 12.1 Å². The van der Waals surface area contributed by atoms with Crippen molar-refractivity contribution in [3.63, 3.8) is 0 Å². The van der Waals surface area contributed by atoms with E-state index in [1.54, 1.807) is 64.1 Å². The molecule has 0 spiro atoms. The number of urea groups is 1. The van der Waals surface area contributed by atoms with Crippen molar-refractivity contribution in [3.05, 3.63) is 105 Å². The number of hydrogen-bond donors (Lipinski definition) is 11. The average molecular weight is 1710 g/mol. The Labute approximate surface area is 677 Å². The molecule has 7 rings (SSSR count). The molecule has 614 valence electrons. The van der Waals surface area contributed by atoms with Crippen LogP contribution in [0.3, 0.4) is 0 Å². The van der Waals surface area contributed by atoms with E-state index in [0.29, 0.717) is 52.0 Å². The van der Waals surface area contributed by atoms with Crippen LogP contribution in [0.15, 0.2) is 73.3 Å². The predicted molar refractivity (Wildman–Crippen MR) is 433 cm³/mol. The standard InChI is InChI=1S/C79H112IN13O17S2/c1-46(2)34-59-73(102)85-49(5)44-111-112-45-62(76(105)92-41-48(4)35-64(92)75(104)89-60(71(100)83-40-66(96)86-59)38-54-23-27-65(95)57(80)36-54)90-72(101)58(26-18-50(6)94)88-74(103)61(37-52-19-16-47(3)17-20-52)87-68(98)43-109-33-32-108-31-29-82-67(97)42-93(78(107)110-79(8,9)10)69(56-14-12-11-13-15-56)70(99)63-28-30-91(63)77(106)84-39-53-21-24-55(25-22-53)51(7)81/h16-17,19-25,27,36,46,48-49,56,58-64,69,95H,7,11-15,18,26,28-35,37-45,81H2,1-6,8-10H3,(H,82,97)(H,83,100)(H,84,106)(H,85,102)(H,86,96)(H,87,98)(H,88,103)(H,89,104)(H,90,101)/t48-,49-,58-,59+,60+,61+,62+,63?,64+,69-/m1/s1. The molecule has 0 aromatic heterocycles. The molecule has 1 unspecified atom stereocenters. The molecule has 30 nitrogen and oxygen atoms in total. The van der Waals surface area contributed by atoms with Gasteiger partial charge in [-0.3, -0.25) is 52.8 Å². The number of halogens is 1. The van der Waals surface area contributed by atoms with Gasteiger partial charge in [0.25, 0.3) is 0 Å². The number of likely N-dealkylation sites (tertiary alicyclic amines) is 1. The summed E-state index contributed by atoms with van der Waals surface area (Å²) >= 11 is 1.93. The molecule has 1 aliphatic carbocycles. The second-order valence-electron chi connectivity index (χ2n) is 30.8. The van der Waals surface area contributed by atoms with Gasteiger partial charge in [-0.15, -0.1) is 0 Å². The summed E-state index contributed by atoms with van der Waals surface area (Å²) in [5.74, 6) is -7.18. The van der Waals surface area contributed by atoms with E-state index in [-0.39, 0.29) is 119 Å². The fourth-order valence-corrected chi connectivity index (χ4v) is 16.6. The third-order valence-electron chi connectivity index (χ3n) is 19.4. The number of ether oxygens (including phenoxy) is 3. The Balaban J connectivity index is 0.990. The molecule has 12 amide bonds. The molecule has 4 aliphatic rings. The van der Waals surface area contributed by atoms with Crippen molar-refractivity contribution in [2.24, 2.45) is 23.5 Å². The van der Waals surface area contributed by atoms with Crippen molar-refractivity contribution in [2.75, 3.05) is 70.7 Å². The molecule has 10 atom stereocenters. The zero-order valence-corrected chi connectivity index (χ0v) is 69.3. The van der Waals surface area contributed by atoms with Gasteiger partial charge in [0, 0.05) is 68.7 Å². The first-order valence-electron chi connectivity index (χ1n) is 38.3. The minimum Gasteiger partial charge on any atom is -0.507 e. The molecule has 3 aromatic carbocycles. The molecule has 33 heteroatoms. The molecule has 3 saturated heterocycles. The van der Waals surface area contributed by atoms with Crippen LogP contribution in [0.5, 0.6) is 5.75 Å². The molecule has 3 aliphatic heterocycles. The van der Waals surface area contributed by atoms with Gasteiger partial charge in [-0.25, -0.2) is 9.59 Å². The first-order valence-corrected chi connectivity index (χ1v) is 41.9. The third-order valence-corrected chi connectivity index (χ3v) is 22.9. The predicted octanol–water partition coefficient (Wildman–Crippen LogP) is 5.00. The number of amides is 12. The number of nitrogens with zero attached hydrogens (tertiary/aromatic N) is 3. The monoisotopic (exact) mass is 1710 g/mol. The zero-order chi connectivity index (χ0) is 81.9. The fourth-order valence-electron chi connectivity index (χ4n) is 13.5. The maximum absolute atomic E-state index is 15.2. The van der Waals surface area contributed by atoms with Gasteiger partial charge in [0.2, 0.25) is 53.2 Å². The molecule has 112 heavy (non-hydrogen) atoms. The highest BCUT2D eigenvalue weighted by Gasteiger charge is 2.48. The molecular formula is C79H112IN13O17S2. The molecule has 3 aromatic rings. The van der Waals surface area contributed by atoms with Crippen molar-refractivity contribution in [1.29, 1.82) is 0 Å². The number of Topliss-reactive ketones (excluding diaryl/α,β-unsaturated/α-hetero) is 2. The summed E-state index contributed by atoms with van der Waals surface area (Å²) in [6, 6.07) is 8.76. The normalized spacial score (nSPS) is 21.2. The number of carbonyl (C=O) groups is 13. The molecule has 3 heterocycles. The van der Waals surface area contributed by atoms with Gasteiger partial charge in [-0.1, -0.05) is 128 Å². The number of aromatic hydroxyl groups is 1. The Morgan fingerprint density at radius 3 is 2.11 bits per heavy atom. The molecule has 1 saturated carbocycles. The number of phenols is 1. The lowest BCUT2D eigenvalue weighted by molar-refractivity contribution is -0.142. The van der Waals surface area contributed by atoms with Crippen molar-refractivity contribution < 1.29 is 81.6 Å². The highest BCUT2D eigenvalue weighted by Crippen LogP contribution is 2.35. The molecule has 0 bridgehead atoms. The highest BCUT2D eigenvalue weighted by atomic mass is 127. The van der Waals surface area contributed by atoms with Crippen LogP contribution in [0.25, 0.3) is 5.70 Å². The van der Waals surface area contributed by atoms with E-state index >= 15 is 4.79 Å². The summed E-state index contributed by atoms with van der Waals surface area (Å²) in [6.45, 7) is 18.2. The number of phenolic OH excluding ortho intramolecular Hbond substituents is 1. The van der Waals surface area contributed by atoms with E-state index in [2.05, 4.69) is 54.4 Å². The Morgan fingerprint density at radius 1 is 0.777 bits per heavy atom. The number of benzene rings is 3. The lowest BCUT2D eigenvalue weighted by atomic mass is 9.78. The van der Waals surface area contributed by atoms with E-state index in [0.717, 1.165) is 36.0 Å². The van der Waals surface area contributed by atoms with Crippen molar-refractivity contribution in [2.45, 2.75) is 206 Å². The minimum atomic E-state index is -1.46. The maximum atomic E-state index is 15.2. The molecule has 12 N–H and O–H groups in total. The number of ketones is 2. The van der Waals surface area contributed by atoms with Crippen molar-refractivity contribution >= 4 is 127 Å². The quantitative estimate of drug-likeness (QED) is 0.0229. The van der Waals surface area contributed by atoms with Crippen LogP contribution in [0.4, 0.5) is 9.59 Å². The van der Waals surface area contributed by atoms with E-state index in [1.807, 2.05) is 74.6 Å². The number of nitrogens with two attached hydrogens (primary N) is 1. The number of nitrogens with one attached hydrogen (secondary N) is 9. The number of rotatable bonds is 31. The number of aryl methyl sites for hydroxylation is 1. The smallest absolute Gasteiger partial charge is 0.411 e. The number of hydrogen-bond acceptors (Lipinski definition) is 20. The largest absolute Gasteiger partial charge is 0.507 e. The van der Waals surface area contributed by atoms with Crippen molar-refractivity contribution in [1.82, 2.24) is 62.6 Å². The zero-order valence-electron chi connectivity index (χ0n) is 65.5. The van der Waals surface area contributed by atoms with Crippen LogP contribution >= 0.6 is 44.2 Å². The average Bonchev–Trinajstić information content (AvgIpc) is 0.937. The maximum Gasteiger partial charge on any atom is 0.411 e. The van der Waals surface area contributed by atoms with E-state index in [1.165, 1.54) is 49.3 Å².